The molecule has 0 aliphatic rings. The van der Waals surface area contributed by atoms with Crippen molar-refractivity contribution < 1.29 is 9.35 Å². The van der Waals surface area contributed by atoms with Crippen molar-refractivity contribution in [3.05, 3.63) is 101 Å². The molecule has 0 spiro atoms. The zero-order valence-corrected chi connectivity index (χ0v) is 22.0. The van der Waals surface area contributed by atoms with Crippen LogP contribution in [0.1, 0.15) is 22.2 Å². The van der Waals surface area contributed by atoms with E-state index in [4.69, 9.17) is 21.7 Å². The van der Waals surface area contributed by atoms with Crippen LogP contribution in [0.3, 0.4) is 0 Å². The second-order valence-corrected chi connectivity index (χ2v) is 10.5. The molecule has 0 radical (unpaired) electrons. The van der Waals surface area contributed by atoms with Gasteiger partial charge in [-0.05, 0) is 42.3 Å². The second-order valence-electron chi connectivity index (χ2n) is 8.19. The van der Waals surface area contributed by atoms with Gasteiger partial charge in [0.2, 0.25) is 0 Å². The van der Waals surface area contributed by atoms with Crippen LogP contribution in [0, 0.1) is 10.9 Å². The van der Waals surface area contributed by atoms with Crippen LogP contribution in [0.25, 0.3) is 10.2 Å². The number of nitrogens with zero attached hydrogens (tertiary/aromatic N) is 2. The van der Waals surface area contributed by atoms with Gasteiger partial charge in [0.25, 0.3) is 5.91 Å². The first kappa shape index (κ1) is 26.9. The summed E-state index contributed by atoms with van der Waals surface area (Å²) in [7, 11) is 1.60. The van der Waals surface area contributed by atoms with E-state index in [1.54, 1.807) is 37.4 Å². The third-order valence-corrected chi connectivity index (χ3v) is 7.81. The fourth-order valence-electron chi connectivity index (χ4n) is 3.69. The second kappa shape index (κ2) is 12.4. The van der Waals surface area contributed by atoms with Gasteiger partial charge >= 0.3 is 0 Å². The smallest absolute Gasteiger partial charge is 0.277 e. The molecule has 10 nitrogen and oxygen atoms in total. The van der Waals surface area contributed by atoms with Gasteiger partial charge in [0.05, 0.1) is 21.6 Å². The van der Waals surface area contributed by atoms with E-state index in [-0.39, 0.29) is 11.5 Å². The number of anilines is 1. The van der Waals surface area contributed by atoms with Gasteiger partial charge < -0.3 is 20.9 Å². The number of fused-ring (bicyclic) bond motifs is 1. The molecule has 1 heterocycles. The van der Waals surface area contributed by atoms with Crippen molar-refractivity contribution in [2.45, 2.75) is 17.4 Å². The van der Waals surface area contributed by atoms with E-state index < -0.39 is 23.3 Å². The molecule has 4 rings (SSSR count). The Labute approximate surface area is 226 Å². The van der Waals surface area contributed by atoms with E-state index in [1.807, 2.05) is 42.5 Å². The molecule has 12 heteroatoms. The molecule has 2 unspecified atom stereocenters. The van der Waals surface area contributed by atoms with Gasteiger partial charge in [-0.1, -0.05) is 36.4 Å². The summed E-state index contributed by atoms with van der Waals surface area (Å²) in [5.41, 5.74) is 15.6. The summed E-state index contributed by atoms with van der Waals surface area (Å²) in [6.45, 7) is 0. The summed E-state index contributed by atoms with van der Waals surface area (Å²) in [6, 6.07) is 21.4. The lowest BCUT2D eigenvalue weighted by molar-refractivity contribution is -0.113. The fourth-order valence-corrected chi connectivity index (χ4v) is 5.81. The summed E-state index contributed by atoms with van der Waals surface area (Å²) < 4.78 is 17.7. The lowest BCUT2D eigenvalue weighted by Gasteiger charge is -2.19. The van der Waals surface area contributed by atoms with Crippen LogP contribution in [0.4, 0.5) is 5.69 Å². The molecule has 4 aromatic rings. The Morgan fingerprint density at radius 3 is 2.71 bits per heavy atom. The van der Waals surface area contributed by atoms with Gasteiger partial charge in [-0.25, -0.2) is 10.5 Å². The van der Waals surface area contributed by atoms with Crippen LogP contribution in [-0.2, 0) is 22.6 Å². The molecular formula is C26H26N8O2S2. The minimum absolute atomic E-state index is 0.0234. The van der Waals surface area contributed by atoms with E-state index in [2.05, 4.69) is 20.5 Å². The largest absolute Gasteiger partial charge is 0.593 e. The number of hydrogen-bond acceptors (Lipinski definition) is 9. The predicted molar refractivity (Wildman–Crippen MR) is 150 cm³/mol. The Kier molecular flexibility index (Phi) is 8.81. The lowest BCUT2D eigenvalue weighted by Crippen LogP contribution is -2.30. The third kappa shape index (κ3) is 6.61. The summed E-state index contributed by atoms with van der Waals surface area (Å²) in [4.78, 5) is 17.6. The normalized spacial score (nSPS) is 13.1. The van der Waals surface area contributed by atoms with Crippen LogP contribution in [0.2, 0.25) is 0 Å². The van der Waals surface area contributed by atoms with Crippen molar-refractivity contribution in [2.24, 2.45) is 10.8 Å². The standard InChI is InChI=1S/C26H26N8O2S2/c1-30-15-22(33-29)25(35)31-18-8-5-9-19(14-18)38(36)34-21(13-16-6-4-7-17(12-16)24(27)28)26-32-20-10-2-3-11-23(20)37-26/h2-12,14-15,21,29-30,34H,13H2,1H3,(H3,27,28)(H,31,35)/b22-15-,33-29?. The maximum Gasteiger partial charge on any atom is 0.277 e. The lowest BCUT2D eigenvalue weighted by atomic mass is 10.0. The number of amides is 1. The molecule has 2 atom stereocenters. The van der Waals surface area contributed by atoms with Gasteiger partial charge in [0.15, 0.2) is 10.6 Å². The molecule has 0 fully saturated rings. The molecule has 3 aromatic carbocycles. The molecule has 0 aliphatic carbocycles. The predicted octanol–water partition coefficient (Wildman–Crippen LogP) is 4.21. The van der Waals surface area contributed by atoms with Gasteiger partial charge in [-0.15, -0.1) is 16.1 Å². The Bertz CT molecular complexity index is 1470. The summed E-state index contributed by atoms with van der Waals surface area (Å²) in [6.07, 6.45) is 1.78. The molecule has 0 saturated carbocycles. The molecule has 38 heavy (non-hydrogen) atoms. The topological polar surface area (TPSA) is 175 Å². The molecular weight excluding hydrogens is 520 g/mol. The summed E-state index contributed by atoms with van der Waals surface area (Å²) >= 11 is -0.132. The molecule has 1 aromatic heterocycles. The monoisotopic (exact) mass is 546 g/mol. The van der Waals surface area contributed by atoms with Crippen LogP contribution in [-0.4, -0.2) is 28.3 Å². The van der Waals surface area contributed by atoms with Crippen LogP contribution in [0.5, 0.6) is 0 Å². The molecule has 194 valence electrons. The van der Waals surface area contributed by atoms with E-state index in [0.29, 0.717) is 22.6 Å². The maximum absolute atomic E-state index is 13.5. The zero-order chi connectivity index (χ0) is 27.1. The molecule has 7 N–H and O–H groups in total. The van der Waals surface area contributed by atoms with E-state index >= 15 is 0 Å². The number of amidine groups is 1. The summed E-state index contributed by atoms with van der Waals surface area (Å²) in [5.74, 6) is -0.590. The van der Waals surface area contributed by atoms with Gasteiger partial charge in [-0.3, -0.25) is 10.2 Å². The first-order valence-electron chi connectivity index (χ1n) is 11.5. The SMILES string of the molecule is CN/C=C(\N=N)C(=O)Nc1cccc([S+]([O-])NC(Cc2cccc(C(=N)N)c2)c2nc3ccccc3s2)c1. The number of nitrogens with two attached hydrogens (primary N) is 1. The minimum atomic E-state index is -1.65. The van der Waals surface area contributed by atoms with Crippen molar-refractivity contribution in [1.82, 2.24) is 15.0 Å². The number of rotatable bonds is 11. The van der Waals surface area contributed by atoms with Crippen molar-refractivity contribution in [1.29, 1.82) is 10.9 Å². The Hall–Kier alpha value is -4.10. The highest BCUT2D eigenvalue weighted by Gasteiger charge is 2.25. The van der Waals surface area contributed by atoms with Gasteiger partial charge in [0, 0.05) is 30.6 Å². The highest BCUT2D eigenvalue weighted by molar-refractivity contribution is 7.89. The number of carbonyl (C=O) groups excluding carboxylic acids is 1. The van der Waals surface area contributed by atoms with Crippen molar-refractivity contribution in [3.8, 4) is 0 Å². The molecule has 0 aliphatic heterocycles. The first-order valence-corrected chi connectivity index (χ1v) is 13.5. The number of carbonyl (C=O) groups is 1. The average Bonchev–Trinajstić information content (AvgIpc) is 3.36. The van der Waals surface area contributed by atoms with Crippen LogP contribution >= 0.6 is 11.3 Å². The number of aromatic nitrogens is 1. The van der Waals surface area contributed by atoms with E-state index in [0.717, 1.165) is 20.8 Å². The zero-order valence-electron chi connectivity index (χ0n) is 20.4. The number of nitrogens with one attached hydrogen (secondary N) is 5. The Balaban J connectivity index is 1.60. The number of benzene rings is 3. The van der Waals surface area contributed by atoms with Crippen LogP contribution in [0.15, 0.2) is 94.7 Å². The summed E-state index contributed by atoms with van der Waals surface area (Å²) in [5, 5.41) is 17.1. The highest BCUT2D eigenvalue weighted by Crippen LogP contribution is 2.30. The number of nitrogen functional groups attached to an aromatic ring is 1. The van der Waals surface area contributed by atoms with Crippen molar-refractivity contribution >= 4 is 50.3 Å². The Morgan fingerprint density at radius 2 is 1.97 bits per heavy atom. The van der Waals surface area contributed by atoms with Crippen molar-refractivity contribution in [2.75, 3.05) is 12.4 Å². The van der Waals surface area contributed by atoms with E-state index in [1.165, 1.54) is 17.5 Å². The Morgan fingerprint density at radius 1 is 1.18 bits per heavy atom. The quantitative estimate of drug-likeness (QED) is 0.0540. The molecule has 1 amide bonds. The third-order valence-electron chi connectivity index (χ3n) is 5.48. The maximum atomic E-state index is 13.5. The average molecular weight is 547 g/mol. The number of hydrogen-bond donors (Lipinski definition) is 6. The van der Waals surface area contributed by atoms with E-state index in [9.17, 15) is 9.35 Å². The number of para-hydroxylation sites is 1. The minimum Gasteiger partial charge on any atom is -0.593 e. The van der Waals surface area contributed by atoms with Crippen LogP contribution < -0.4 is 21.1 Å². The first-order chi connectivity index (χ1) is 18.4. The van der Waals surface area contributed by atoms with Crippen molar-refractivity contribution in [3.63, 3.8) is 0 Å². The molecule has 0 bridgehead atoms. The highest BCUT2D eigenvalue weighted by atomic mass is 32.2. The number of thiazole rings is 1. The fraction of sp³-hybridized carbons (Fsp3) is 0.115. The van der Waals surface area contributed by atoms with Gasteiger partial charge in [0.1, 0.15) is 16.9 Å². The van der Waals surface area contributed by atoms with Gasteiger partial charge in [-0.2, -0.15) is 5.11 Å². The molecule has 0 saturated heterocycles.